The Hall–Kier alpha value is -1.33. The number of ether oxygens (including phenoxy) is 1. The van der Waals surface area contributed by atoms with E-state index < -0.39 is 13.2 Å². The fourth-order valence-corrected chi connectivity index (χ4v) is 2.04. The van der Waals surface area contributed by atoms with Crippen LogP contribution in [0.3, 0.4) is 0 Å². The highest BCUT2D eigenvalue weighted by Gasteiger charge is 2.28. The second kappa shape index (κ2) is 5.54. The molecule has 0 saturated heterocycles. The molecule has 1 atom stereocenters. The van der Waals surface area contributed by atoms with Crippen molar-refractivity contribution in [2.45, 2.75) is 39.4 Å². The molecule has 18 heavy (non-hydrogen) atoms. The van der Waals surface area contributed by atoms with Crippen molar-refractivity contribution < 1.29 is 19.2 Å². The van der Waals surface area contributed by atoms with E-state index in [1.54, 1.807) is 6.07 Å². The van der Waals surface area contributed by atoms with Gasteiger partial charge >= 0.3 is 7.12 Å². The number of fused-ring (bicyclic) bond motifs is 1. The monoisotopic (exact) mass is 248 g/mol. The highest BCUT2D eigenvalue weighted by atomic mass is 16.5. The van der Waals surface area contributed by atoms with Crippen molar-refractivity contribution in [2.75, 3.05) is 0 Å². The first-order valence-corrected chi connectivity index (χ1v) is 6.21. The van der Waals surface area contributed by atoms with Gasteiger partial charge in [-0.25, -0.2) is 0 Å². The first-order chi connectivity index (χ1) is 8.61. The van der Waals surface area contributed by atoms with Gasteiger partial charge in [0.15, 0.2) is 11.9 Å². The van der Waals surface area contributed by atoms with Crippen molar-refractivity contribution in [2.24, 2.45) is 0 Å². The molecule has 0 saturated carbocycles. The van der Waals surface area contributed by atoms with Crippen molar-refractivity contribution in [1.82, 2.24) is 0 Å². The zero-order chi connectivity index (χ0) is 13.1. The van der Waals surface area contributed by atoms with Gasteiger partial charge in [-0.15, -0.1) is 0 Å². The normalized spacial score (nSPS) is 15.4. The third-order valence-corrected chi connectivity index (χ3v) is 3.06. The van der Waals surface area contributed by atoms with E-state index in [-0.39, 0.29) is 5.78 Å². The van der Waals surface area contributed by atoms with E-state index in [1.165, 1.54) is 6.92 Å². The molecule has 0 aromatic heterocycles. The maximum atomic E-state index is 11.4. The maximum Gasteiger partial charge on any atom is 0.491 e. The van der Waals surface area contributed by atoms with Crippen LogP contribution in [0.15, 0.2) is 18.2 Å². The van der Waals surface area contributed by atoms with Crippen LogP contribution in [-0.2, 0) is 16.1 Å². The zero-order valence-corrected chi connectivity index (χ0v) is 10.7. The van der Waals surface area contributed by atoms with Crippen molar-refractivity contribution in [1.29, 1.82) is 0 Å². The van der Waals surface area contributed by atoms with E-state index >= 15 is 0 Å². The van der Waals surface area contributed by atoms with Crippen LogP contribution in [0.2, 0.25) is 0 Å². The van der Waals surface area contributed by atoms with E-state index in [0.29, 0.717) is 18.8 Å². The molecule has 1 aliphatic heterocycles. The summed E-state index contributed by atoms with van der Waals surface area (Å²) in [4.78, 5) is 11.4. The van der Waals surface area contributed by atoms with Gasteiger partial charge in [0.1, 0.15) is 5.75 Å². The average molecular weight is 248 g/mol. The summed E-state index contributed by atoms with van der Waals surface area (Å²) in [5.74, 6) is 0.626. The van der Waals surface area contributed by atoms with Crippen molar-refractivity contribution >= 4 is 18.4 Å². The molecule has 96 valence electrons. The van der Waals surface area contributed by atoms with Gasteiger partial charge in [-0.3, -0.25) is 4.79 Å². The minimum Gasteiger partial charge on any atom is -0.483 e. The van der Waals surface area contributed by atoms with Crippen molar-refractivity contribution in [3.63, 3.8) is 0 Å². The number of benzene rings is 1. The number of Topliss-reactive ketones (excluding diaryl/α,β-unsaturated/α-hetero) is 1. The Labute approximate surface area is 107 Å². The Balaban J connectivity index is 2.14. The molecule has 0 radical (unpaired) electrons. The topological polar surface area (TPSA) is 55.8 Å². The summed E-state index contributed by atoms with van der Waals surface area (Å²) in [6.45, 7) is 3.97. The van der Waals surface area contributed by atoms with Crippen LogP contribution in [0.1, 0.15) is 32.3 Å². The van der Waals surface area contributed by atoms with Crippen LogP contribution >= 0.6 is 0 Å². The van der Waals surface area contributed by atoms with Gasteiger partial charge in [-0.05, 0) is 36.5 Å². The van der Waals surface area contributed by atoms with E-state index in [0.717, 1.165) is 17.4 Å². The van der Waals surface area contributed by atoms with Gasteiger partial charge in [0.05, 0.1) is 6.61 Å². The van der Waals surface area contributed by atoms with E-state index in [9.17, 15) is 9.82 Å². The van der Waals surface area contributed by atoms with Crippen molar-refractivity contribution in [3.8, 4) is 5.75 Å². The predicted molar refractivity (Wildman–Crippen MR) is 68.8 cm³/mol. The number of carbonyl (C=O) groups excluding carboxylic acids is 1. The molecule has 0 aliphatic carbocycles. The van der Waals surface area contributed by atoms with E-state index in [1.807, 2.05) is 19.1 Å². The molecule has 1 aromatic carbocycles. The third-order valence-electron chi connectivity index (χ3n) is 3.06. The van der Waals surface area contributed by atoms with Gasteiger partial charge in [-0.2, -0.15) is 0 Å². The maximum absolute atomic E-state index is 11.4. The lowest BCUT2D eigenvalue weighted by Crippen LogP contribution is -2.29. The fourth-order valence-electron chi connectivity index (χ4n) is 2.04. The molecule has 1 aliphatic rings. The summed E-state index contributed by atoms with van der Waals surface area (Å²) in [7, 11) is -0.884. The lowest BCUT2D eigenvalue weighted by Gasteiger charge is -2.16. The number of carbonyl (C=O) groups is 1. The highest BCUT2D eigenvalue weighted by molar-refractivity contribution is 6.61. The van der Waals surface area contributed by atoms with Crippen LogP contribution in [0, 0.1) is 0 Å². The lowest BCUT2D eigenvalue weighted by atomic mass is 9.79. The first kappa shape index (κ1) is 13.1. The minimum absolute atomic E-state index is 0.0224. The predicted octanol–water partition coefficient (Wildman–Crippen LogP) is 1.04. The molecule has 0 fully saturated rings. The third kappa shape index (κ3) is 2.74. The first-order valence-electron chi connectivity index (χ1n) is 6.21. The summed E-state index contributed by atoms with van der Waals surface area (Å²) >= 11 is 0. The standard InChI is InChI=1S/C13H17BO4/c1-3-4-13(9(2)15)18-11-6-5-10-8-17-14(16)12(10)7-11/h5-7,13,16H,3-4,8H2,1-2H3. The molecule has 1 heterocycles. The van der Waals surface area contributed by atoms with Gasteiger partial charge in [0.2, 0.25) is 0 Å². The molecule has 0 bridgehead atoms. The molecule has 0 amide bonds. The quantitative estimate of drug-likeness (QED) is 0.791. The number of rotatable bonds is 5. The molecule has 2 rings (SSSR count). The second-order valence-electron chi connectivity index (χ2n) is 4.53. The Morgan fingerprint density at radius 2 is 2.39 bits per heavy atom. The van der Waals surface area contributed by atoms with Gasteiger partial charge in [-0.1, -0.05) is 19.4 Å². The highest BCUT2D eigenvalue weighted by Crippen LogP contribution is 2.18. The van der Waals surface area contributed by atoms with Gasteiger partial charge in [0.25, 0.3) is 0 Å². The SMILES string of the molecule is CCCC(Oc1ccc2c(c1)B(O)OC2)C(C)=O. The van der Waals surface area contributed by atoms with Crippen LogP contribution in [-0.4, -0.2) is 24.0 Å². The van der Waals surface area contributed by atoms with Crippen LogP contribution in [0.4, 0.5) is 0 Å². The molecule has 1 aromatic rings. The molecular weight excluding hydrogens is 231 g/mol. The zero-order valence-electron chi connectivity index (χ0n) is 10.7. The number of hydrogen-bond acceptors (Lipinski definition) is 4. The molecular formula is C13H17BO4. The van der Waals surface area contributed by atoms with E-state index in [4.69, 9.17) is 9.39 Å². The Morgan fingerprint density at radius 3 is 3.06 bits per heavy atom. The van der Waals surface area contributed by atoms with Gasteiger partial charge < -0.3 is 14.4 Å². The fraction of sp³-hybridized carbons (Fsp3) is 0.462. The van der Waals surface area contributed by atoms with E-state index in [2.05, 4.69) is 0 Å². The summed E-state index contributed by atoms with van der Waals surface area (Å²) in [6.07, 6.45) is 1.18. The number of hydrogen-bond donors (Lipinski definition) is 1. The number of ketones is 1. The minimum atomic E-state index is -0.884. The van der Waals surface area contributed by atoms with Gasteiger partial charge in [0, 0.05) is 0 Å². The summed E-state index contributed by atoms with van der Waals surface area (Å²) in [5, 5.41) is 9.61. The summed E-state index contributed by atoms with van der Waals surface area (Å²) < 4.78 is 10.8. The Bertz CT molecular complexity index is 447. The van der Waals surface area contributed by atoms with Crippen LogP contribution in [0.5, 0.6) is 5.75 Å². The van der Waals surface area contributed by atoms with Crippen LogP contribution in [0.25, 0.3) is 0 Å². The molecule has 4 nitrogen and oxygen atoms in total. The summed E-state index contributed by atoms with van der Waals surface area (Å²) in [6, 6.07) is 5.43. The lowest BCUT2D eigenvalue weighted by molar-refractivity contribution is -0.123. The molecule has 1 N–H and O–H groups in total. The Kier molecular flexibility index (Phi) is 4.04. The molecule has 0 spiro atoms. The molecule has 5 heteroatoms. The molecule has 1 unspecified atom stereocenters. The second-order valence-corrected chi connectivity index (χ2v) is 4.53. The van der Waals surface area contributed by atoms with Crippen molar-refractivity contribution in [3.05, 3.63) is 23.8 Å². The largest absolute Gasteiger partial charge is 0.491 e. The average Bonchev–Trinajstić information content (AvgIpc) is 2.70. The Morgan fingerprint density at radius 1 is 1.61 bits per heavy atom. The summed E-state index contributed by atoms with van der Waals surface area (Å²) in [5.41, 5.74) is 1.69. The smallest absolute Gasteiger partial charge is 0.483 e. The van der Waals surface area contributed by atoms with Crippen LogP contribution < -0.4 is 10.2 Å².